The Hall–Kier alpha value is -2.67. The van der Waals surface area contributed by atoms with Gasteiger partial charge >= 0.3 is 0 Å². The first kappa shape index (κ1) is 15.8. The molecule has 1 saturated heterocycles. The smallest absolute Gasteiger partial charge is 0.223 e. The van der Waals surface area contributed by atoms with E-state index in [1.165, 1.54) is 17.3 Å². The monoisotopic (exact) mass is 339 g/mol. The van der Waals surface area contributed by atoms with Crippen molar-refractivity contribution >= 4 is 16.8 Å². The third-order valence-electron chi connectivity index (χ3n) is 4.74. The van der Waals surface area contributed by atoms with Gasteiger partial charge in [-0.3, -0.25) is 9.48 Å². The van der Waals surface area contributed by atoms with E-state index in [1.807, 2.05) is 24.2 Å². The number of nitrogens with zero attached hydrogens (tertiary/aromatic N) is 4. The molecule has 1 atom stereocenters. The molecule has 1 N–H and O–H groups in total. The molecule has 0 aliphatic carbocycles. The first-order valence-electron chi connectivity index (χ1n) is 8.49. The maximum atomic E-state index is 12.8. The van der Waals surface area contributed by atoms with Gasteiger partial charge in [0.2, 0.25) is 5.91 Å². The van der Waals surface area contributed by atoms with Crippen LogP contribution in [0.2, 0.25) is 0 Å². The van der Waals surface area contributed by atoms with E-state index in [-0.39, 0.29) is 11.9 Å². The van der Waals surface area contributed by atoms with Crippen molar-refractivity contribution in [2.24, 2.45) is 7.05 Å². The van der Waals surface area contributed by atoms with Crippen LogP contribution in [0.5, 0.6) is 0 Å². The van der Waals surface area contributed by atoms with E-state index in [1.54, 1.807) is 4.68 Å². The summed E-state index contributed by atoms with van der Waals surface area (Å²) in [6.45, 7) is 1.62. The number of rotatable bonds is 4. The van der Waals surface area contributed by atoms with Crippen LogP contribution < -0.4 is 0 Å². The molecule has 25 heavy (non-hydrogen) atoms. The predicted molar refractivity (Wildman–Crippen MR) is 92.9 cm³/mol. The fourth-order valence-corrected chi connectivity index (χ4v) is 3.38. The second-order valence-electron chi connectivity index (χ2n) is 6.32. The average molecular weight is 339 g/mol. The van der Waals surface area contributed by atoms with E-state index >= 15 is 0 Å². The number of H-pyrrole nitrogens is 1. The maximum Gasteiger partial charge on any atom is 0.223 e. The van der Waals surface area contributed by atoms with Crippen LogP contribution in [0.4, 0.5) is 0 Å². The number of carbonyl (C=O) groups is 1. The lowest BCUT2D eigenvalue weighted by Crippen LogP contribution is -2.44. The fraction of sp³-hybridized carbons (Fsp3) is 0.389. The molecule has 2 aromatic heterocycles. The molecule has 1 fully saturated rings. The van der Waals surface area contributed by atoms with Gasteiger partial charge in [0.05, 0.1) is 13.2 Å². The summed E-state index contributed by atoms with van der Waals surface area (Å²) >= 11 is 0. The Labute approximate surface area is 145 Å². The summed E-state index contributed by atoms with van der Waals surface area (Å²) in [6.07, 6.45) is 4.64. The second kappa shape index (κ2) is 6.68. The SMILES string of the molecule is Cn1ncnc1C1COCCN1C(=O)CCc1ccc2[nH]ccc2c1. The fourth-order valence-electron chi connectivity index (χ4n) is 3.38. The Morgan fingerprint density at radius 3 is 3.16 bits per heavy atom. The van der Waals surface area contributed by atoms with Gasteiger partial charge in [-0.1, -0.05) is 6.07 Å². The zero-order valence-electron chi connectivity index (χ0n) is 14.2. The van der Waals surface area contributed by atoms with Crippen molar-refractivity contribution in [3.63, 3.8) is 0 Å². The van der Waals surface area contributed by atoms with Gasteiger partial charge in [-0.15, -0.1) is 0 Å². The molecule has 7 nitrogen and oxygen atoms in total. The Balaban J connectivity index is 1.46. The van der Waals surface area contributed by atoms with Gasteiger partial charge in [0.25, 0.3) is 0 Å². The summed E-state index contributed by atoms with van der Waals surface area (Å²) in [7, 11) is 1.84. The molecular formula is C18H21N5O2. The van der Waals surface area contributed by atoms with Gasteiger partial charge in [-0.25, -0.2) is 4.98 Å². The molecule has 4 rings (SSSR count). The van der Waals surface area contributed by atoms with E-state index in [4.69, 9.17) is 4.74 Å². The summed E-state index contributed by atoms with van der Waals surface area (Å²) < 4.78 is 7.27. The lowest BCUT2D eigenvalue weighted by Gasteiger charge is -2.34. The molecule has 1 aromatic carbocycles. The minimum Gasteiger partial charge on any atom is -0.377 e. The summed E-state index contributed by atoms with van der Waals surface area (Å²) in [4.78, 5) is 22.2. The maximum absolute atomic E-state index is 12.8. The molecule has 1 aliphatic rings. The molecule has 3 aromatic rings. The summed E-state index contributed by atoms with van der Waals surface area (Å²) in [5.41, 5.74) is 2.29. The van der Waals surface area contributed by atoms with Gasteiger partial charge in [-0.05, 0) is 35.6 Å². The van der Waals surface area contributed by atoms with Crippen LogP contribution in [-0.2, 0) is 23.0 Å². The van der Waals surface area contributed by atoms with Crippen LogP contribution in [0, 0.1) is 0 Å². The number of carbonyl (C=O) groups excluding carboxylic acids is 1. The number of ether oxygens (including phenoxy) is 1. The largest absolute Gasteiger partial charge is 0.377 e. The minimum absolute atomic E-state index is 0.130. The van der Waals surface area contributed by atoms with Crippen molar-refractivity contribution in [3.05, 3.63) is 48.2 Å². The highest BCUT2D eigenvalue weighted by Gasteiger charge is 2.31. The highest BCUT2D eigenvalue weighted by atomic mass is 16.5. The van der Waals surface area contributed by atoms with Crippen molar-refractivity contribution in [1.29, 1.82) is 0 Å². The van der Waals surface area contributed by atoms with Crippen LogP contribution in [0.1, 0.15) is 23.9 Å². The number of fused-ring (bicyclic) bond motifs is 1. The molecule has 1 unspecified atom stereocenters. The van der Waals surface area contributed by atoms with Gasteiger partial charge in [0.15, 0.2) is 5.82 Å². The van der Waals surface area contributed by atoms with Crippen LogP contribution in [0.3, 0.4) is 0 Å². The van der Waals surface area contributed by atoms with Crippen molar-refractivity contribution in [2.45, 2.75) is 18.9 Å². The molecule has 1 amide bonds. The van der Waals surface area contributed by atoms with Crippen molar-refractivity contribution in [2.75, 3.05) is 19.8 Å². The lowest BCUT2D eigenvalue weighted by atomic mass is 10.1. The van der Waals surface area contributed by atoms with Crippen molar-refractivity contribution in [3.8, 4) is 0 Å². The number of nitrogens with one attached hydrogen (secondary N) is 1. The standard InChI is InChI=1S/C18H21N5O2/c1-22-18(20-12-21-22)16-11-25-9-8-23(16)17(24)5-3-13-2-4-15-14(10-13)6-7-19-15/h2,4,6-7,10,12,16,19H,3,5,8-9,11H2,1H3. The topological polar surface area (TPSA) is 76.0 Å². The van der Waals surface area contributed by atoms with E-state index in [2.05, 4.69) is 33.3 Å². The van der Waals surface area contributed by atoms with Crippen LogP contribution in [0.25, 0.3) is 10.9 Å². The van der Waals surface area contributed by atoms with Crippen LogP contribution in [-0.4, -0.2) is 50.3 Å². The van der Waals surface area contributed by atoms with Crippen molar-refractivity contribution in [1.82, 2.24) is 24.6 Å². The van der Waals surface area contributed by atoms with Gasteiger partial charge in [-0.2, -0.15) is 5.10 Å². The Morgan fingerprint density at radius 2 is 2.32 bits per heavy atom. The molecule has 0 bridgehead atoms. The Kier molecular flexibility index (Phi) is 4.23. The van der Waals surface area contributed by atoms with E-state index in [0.717, 1.165) is 17.8 Å². The summed E-state index contributed by atoms with van der Waals surface area (Å²) in [5.74, 6) is 0.896. The molecular weight excluding hydrogens is 318 g/mol. The van der Waals surface area contributed by atoms with Gasteiger partial charge < -0.3 is 14.6 Å². The number of aryl methyl sites for hydroxylation is 2. The molecule has 7 heteroatoms. The predicted octanol–water partition coefficient (Wildman–Crippen LogP) is 1.83. The second-order valence-corrected chi connectivity index (χ2v) is 6.32. The summed E-state index contributed by atoms with van der Waals surface area (Å²) in [6, 6.07) is 8.16. The number of hydrogen-bond acceptors (Lipinski definition) is 4. The Bertz CT molecular complexity index is 884. The summed E-state index contributed by atoms with van der Waals surface area (Å²) in [5, 5.41) is 5.29. The number of amides is 1. The molecule has 1 aliphatic heterocycles. The van der Waals surface area contributed by atoms with Gasteiger partial charge in [0, 0.05) is 31.7 Å². The number of benzene rings is 1. The quantitative estimate of drug-likeness (QED) is 0.787. The van der Waals surface area contributed by atoms with E-state index < -0.39 is 0 Å². The van der Waals surface area contributed by atoms with E-state index in [9.17, 15) is 4.79 Å². The molecule has 0 spiro atoms. The first-order chi connectivity index (χ1) is 12.2. The minimum atomic E-state index is -0.166. The number of aromatic amines is 1. The van der Waals surface area contributed by atoms with Gasteiger partial charge in [0.1, 0.15) is 12.4 Å². The third kappa shape index (κ3) is 3.15. The Morgan fingerprint density at radius 1 is 1.40 bits per heavy atom. The lowest BCUT2D eigenvalue weighted by molar-refractivity contribution is -0.140. The van der Waals surface area contributed by atoms with Crippen LogP contribution >= 0.6 is 0 Å². The normalized spacial score (nSPS) is 18.0. The average Bonchev–Trinajstić information content (AvgIpc) is 3.27. The third-order valence-corrected chi connectivity index (χ3v) is 4.74. The highest BCUT2D eigenvalue weighted by molar-refractivity contribution is 5.80. The molecule has 0 radical (unpaired) electrons. The highest BCUT2D eigenvalue weighted by Crippen LogP contribution is 2.23. The number of morpholine rings is 1. The zero-order chi connectivity index (χ0) is 17.2. The number of hydrogen-bond donors (Lipinski definition) is 1. The van der Waals surface area contributed by atoms with Crippen LogP contribution in [0.15, 0.2) is 36.8 Å². The van der Waals surface area contributed by atoms with E-state index in [0.29, 0.717) is 26.2 Å². The molecule has 3 heterocycles. The molecule has 0 saturated carbocycles. The molecule has 130 valence electrons. The first-order valence-corrected chi connectivity index (χ1v) is 8.49. The van der Waals surface area contributed by atoms with Crippen molar-refractivity contribution < 1.29 is 9.53 Å². The zero-order valence-corrected chi connectivity index (χ0v) is 14.2. The number of aromatic nitrogens is 4.